The van der Waals surface area contributed by atoms with E-state index in [9.17, 15) is 14.7 Å². The predicted octanol–water partition coefficient (Wildman–Crippen LogP) is 2.15. The highest BCUT2D eigenvalue weighted by atomic mass is 16.5. The van der Waals surface area contributed by atoms with Crippen LogP contribution in [0.3, 0.4) is 0 Å². The van der Waals surface area contributed by atoms with E-state index >= 15 is 0 Å². The largest absolute Gasteiger partial charge is 0.480 e. The number of carbonyl (C=O) groups is 2. The molecule has 6 nitrogen and oxygen atoms in total. The van der Waals surface area contributed by atoms with Gasteiger partial charge in [-0.2, -0.15) is 0 Å². The van der Waals surface area contributed by atoms with Crippen LogP contribution in [0, 0.1) is 12.8 Å². The summed E-state index contributed by atoms with van der Waals surface area (Å²) in [7, 11) is 0. The first-order valence-corrected chi connectivity index (χ1v) is 8.36. The predicted molar refractivity (Wildman–Crippen MR) is 89.0 cm³/mol. The number of aryl methyl sites for hydroxylation is 1. The van der Waals surface area contributed by atoms with Gasteiger partial charge < -0.3 is 19.9 Å². The number of aliphatic carboxylic acids is 1. The monoisotopic (exact) mass is 335 g/mol. The van der Waals surface area contributed by atoms with Crippen molar-refractivity contribution in [2.45, 2.75) is 45.3 Å². The Hall–Kier alpha value is -2.08. The molecule has 0 saturated carbocycles. The van der Waals surface area contributed by atoms with Crippen molar-refractivity contribution < 1.29 is 24.2 Å². The van der Waals surface area contributed by atoms with Crippen molar-refractivity contribution in [1.29, 1.82) is 0 Å². The van der Waals surface area contributed by atoms with Gasteiger partial charge in [-0.3, -0.25) is 4.79 Å². The lowest BCUT2D eigenvalue weighted by Gasteiger charge is -2.29. The van der Waals surface area contributed by atoms with Crippen molar-refractivity contribution in [3.05, 3.63) is 29.8 Å². The quantitative estimate of drug-likeness (QED) is 0.797. The van der Waals surface area contributed by atoms with Gasteiger partial charge in [-0.05, 0) is 37.8 Å². The van der Waals surface area contributed by atoms with E-state index in [1.807, 2.05) is 32.0 Å². The minimum absolute atomic E-state index is 0.212. The molecule has 2 N–H and O–H groups in total. The Morgan fingerprint density at radius 2 is 2.17 bits per heavy atom. The van der Waals surface area contributed by atoms with Crippen LogP contribution in [0.4, 0.5) is 0 Å². The van der Waals surface area contributed by atoms with Gasteiger partial charge in [0.2, 0.25) is 0 Å². The molecule has 3 atom stereocenters. The summed E-state index contributed by atoms with van der Waals surface area (Å²) < 4.78 is 11.1. The van der Waals surface area contributed by atoms with Crippen molar-refractivity contribution in [2.75, 3.05) is 13.2 Å². The fraction of sp³-hybridized carbons (Fsp3) is 0.556. The maximum atomic E-state index is 12.5. The molecule has 0 bridgehead atoms. The van der Waals surface area contributed by atoms with Crippen molar-refractivity contribution >= 4 is 11.9 Å². The molecule has 0 spiro atoms. The first kappa shape index (κ1) is 18.3. The second kappa shape index (κ2) is 8.68. The van der Waals surface area contributed by atoms with Crippen LogP contribution >= 0.6 is 0 Å². The van der Waals surface area contributed by atoms with Crippen LogP contribution in [0.15, 0.2) is 24.3 Å². The summed E-state index contributed by atoms with van der Waals surface area (Å²) in [5, 5.41) is 12.1. The third-order valence-corrected chi connectivity index (χ3v) is 4.26. The molecule has 132 valence electrons. The van der Waals surface area contributed by atoms with Crippen LogP contribution in [0.1, 0.15) is 31.7 Å². The lowest BCUT2D eigenvalue weighted by Crippen LogP contribution is -2.52. The van der Waals surface area contributed by atoms with Gasteiger partial charge >= 0.3 is 5.97 Å². The molecule has 0 radical (unpaired) electrons. The van der Waals surface area contributed by atoms with Gasteiger partial charge in [0.1, 0.15) is 11.8 Å². The number of carboxylic acid groups (broad SMARTS) is 1. The molecule has 1 aliphatic heterocycles. The van der Waals surface area contributed by atoms with E-state index in [-0.39, 0.29) is 5.92 Å². The highest BCUT2D eigenvalue weighted by Gasteiger charge is 2.33. The van der Waals surface area contributed by atoms with Crippen LogP contribution in [-0.4, -0.2) is 42.3 Å². The Morgan fingerprint density at radius 1 is 1.42 bits per heavy atom. The van der Waals surface area contributed by atoms with Crippen molar-refractivity contribution in [3.8, 4) is 5.75 Å². The number of benzene rings is 1. The topological polar surface area (TPSA) is 84.9 Å². The Bertz CT molecular complexity index is 568. The molecule has 24 heavy (non-hydrogen) atoms. The van der Waals surface area contributed by atoms with Gasteiger partial charge in [0.05, 0.1) is 6.61 Å². The Morgan fingerprint density at radius 3 is 2.75 bits per heavy atom. The second-order valence-corrected chi connectivity index (χ2v) is 6.08. The van der Waals surface area contributed by atoms with Gasteiger partial charge in [0, 0.05) is 12.5 Å². The number of hydrogen-bond acceptors (Lipinski definition) is 4. The third kappa shape index (κ3) is 4.71. The molecule has 1 saturated heterocycles. The zero-order chi connectivity index (χ0) is 17.5. The van der Waals surface area contributed by atoms with Gasteiger partial charge in [-0.25, -0.2) is 4.79 Å². The molecule has 0 aliphatic carbocycles. The number of carbonyl (C=O) groups excluding carboxylic acids is 1. The van der Waals surface area contributed by atoms with E-state index in [1.165, 1.54) is 0 Å². The van der Waals surface area contributed by atoms with Crippen LogP contribution in [-0.2, 0) is 14.3 Å². The van der Waals surface area contributed by atoms with E-state index in [2.05, 4.69) is 5.32 Å². The number of para-hydroxylation sites is 1. The third-order valence-electron chi connectivity index (χ3n) is 4.26. The smallest absolute Gasteiger partial charge is 0.326 e. The SMILES string of the molecule is CCC(Oc1ccccc1C)C(=O)NC(C(=O)O)C1CCCOC1. The van der Waals surface area contributed by atoms with Gasteiger partial charge in [0.25, 0.3) is 5.91 Å². The second-order valence-electron chi connectivity index (χ2n) is 6.08. The highest BCUT2D eigenvalue weighted by Crippen LogP contribution is 2.20. The molecule has 1 aromatic carbocycles. The fourth-order valence-corrected chi connectivity index (χ4v) is 2.82. The van der Waals surface area contributed by atoms with E-state index in [4.69, 9.17) is 9.47 Å². The standard InChI is InChI=1S/C18H25NO5/c1-3-14(24-15-9-5-4-7-12(15)2)17(20)19-16(18(21)22)13-8-6-10-23-11-13/h4-5,7,9,13-14,16H,3,6,8,10-11H2,1-2H3,(H,19,20)(H,21,22). The number of rotatable bonds is 7. The molecule has 6 heteroatoms. The normalized spacial score (nSPS) is 20.0. The van der Waals surface area contributed by atoms with Gasteiger partial charge in [-0.1, -0.05) is 25.1 Å². The summed E-state index contributed by atoms with van der Waals surface area (Å²) in [4.78, 5) is 24.1. The van der Waals surface area contributed by atoms with Crippen LogP contribution in [0.25, 0.3) is 0 Å². The van der Waals surface area contributed by atoms with Crippen molar-refractivity contribution in [3.63, 3.8) is 0 Å². The molecule has 1 fully saturated rings. The molecule has 1 heterocycles. The first-order valence-electron chi connectivity index (χ1n) is 8.36. The molecule has 2 rings (SSSR count). The molecular formula is C18H25NO5. The number of amides is 1. The maximum Gasteiger partial charge on any atom is 0.326 e. The molecular weight excluding hydrogens is 310 g/mol. The average molecular weight is 335 g/mol. The summed E-state index contributed by atoms with van der Waals surface area (Å²) in [5.74, 6) is -1.02. The molecule has 1 amide bonds. The Kier molecular flexibility index (Phi) is 6.61. The number of carboxylic acids is 1. The van der Waals surface area contributed by atoms with E-state index < -0.39 is 24.0 Å². The zero-order valence-electron chi connectivity index (χ0n) is 14.2. The lowest BCUT2D eigenvalue weighted by atomic mass is 9.93. The first-order chi connectivity index (χ1) is 11.5. The number of nitrogens with one attached hydrogen (secondary N) is 1. The Balaban J connectivity index is 2.03. The Labute approximate surface area is 142 Å². The number of ether oxygens (including phenoxy) is 2. The summed E-state index contributed by atoms with van der Waals surface area (Å²) in [5.41, 5.74) is 0.930. The summed E-state index contributed by atoms with van der Waals surface area (Å²) in [6.07, 6.45) is 1.26. The zero-order valence-corrected chi connectivity index (χ0v) is 14.2. The highest BCUT2D eigenvalue weighted by molar-refractivity contribution is 5.86. The van der Waals surface area contributed by atoms with Crippen LogP contribution in [0.5, 0.6) is 5.75 Å². The molecule has 1 aromatic rings. The van der Waals surface area contributed by atoms with Gasteiger partial charge in [0.15, 0.2) is 6.10 Å². The lowest BCUT2D eigenvalue weighted by molar-refractivity contribution is -0.146. The van der Waals surface area contributed by atoms with Gasteiger partial charge in [-0.15, -0.1) is 0 Å². The average Bonchev–Trinajstić information content (AvgIpc) is 2.59. The van der Waals surface area contributed by atoms with E-state index in [0.29, 0.717) is 25.4 Å². The minimum Gasteiger partial charge on any atom is -0.480 e. The molecule has 0 aromatic heterocycles. The van der Waals surface area contributed by atoms with Crippen molar-refractivity contribution in [2.24, 2.45) is 5.92 Å². The van der Waals surface area contributed by atoms with E-state index in [1.54, 1.807) is 6.07 Å². The summed E-state index contributed by atoms with van der Waals surface area (Å²) in [6.45, 7) is 4.73. The van der Waals surface area contributed by atoms with Crippen LogP contribution < -0.4 is 10.1 Å². The molecule has 1 aliphatic rings. The summed E-state index contributed by atoms with van der Waals surface area (Å²) in [6, 6.07) is 6.49. The maximum absolute atomic E-state index is 12.5. The fourth-order valence-electron chi connectivity index (χ4n) is 2.82. The molecule has 3 unspecified atom stereocenters. The summed E-state index contributed by atoms with van der Waals surface area (Å²) >= 11 is 0. The van der Waals surface area contributed by atoms with E-state index in [0.717, 1.165) is 18.4 Å². The van der Waals surface area contributed by atoms with Crippen molar-refractivity contribution in [1.82, 2.24) is 5.32 Å². The van der Waals surface area contributed by atoms with Crippen LogP contribution in [0.2, 0.25) is 0 Å². The minimum atomic E-state index is -1.04. The number of hydrogen-bond donors (Lipinski definition) is 2.